The number of allylic oxidation sites excluding steroid dienone is 6. The third kappa shape index (κ3) is 6.78. The normalized spacial score (nSPS) is 13.3. The van der Waals surface area contributed by atoms with Gasteiger partial charge in [-0.15, -0.1) is 11.3 Å². The highest BCUT2D eigenvalue weighted by atomic mass is 35.5. The van der Waals surface area contributed by atoms with Crippen molar-refractivity contribution in [2.45, 2.75) is 27.7 Å². The molecule has 124 valence electrons. The number of esters is 1. The van der Waals surface area contributed by atoms with Crippen LogP contribution in [-0.2, 0) is 9.53 Å². The maximum absolute atomic E-state index is 11.3. The van der Waals surface area contributed by atoms with E-state index < -0.39 is 0 Å². The van der Waals surface area contributed by atoms with Crippen LogP contribution in [0.3, 0.4) is 0 Å². The van der Waals surface area contributed by atoms with Gasteiger partial charge >= 0.3 is 5.97 Å². The van der Waals surface area contributed by atoms with Crippen molar-refractivity contribution in [3.8, 4) is 0 Å². The third-order valence-corrected chi connectivity index (χ3v) is 4.81. The molecule has 1 aromatic rings. The molecule has 0 N–H and O–H groups in total. The molecule has 0 radical (unpaired) electrons. The van der Waals surface area contributed by atoms with Gasteiger partial charge in [0.05, 0.1) is 11.6 Å². The van der Waals surface area contributed by atoms with Crippen LogP contribution in [0.4, 0.5) is 0 Å². The first-order valence-corrected chi connectivity index (χ1v) is 8.74. The average Bonchev–Trinajstić information content (AvgIpc) is 2.70. The van der Waals surface area contributed by atoms with E-state index in [2.05, 4.69) is 0 Å². The Morgan fingerprint density at radius 1 is 1.22 bits per heavy atom. The number of ether oxygens (including phenoxy) is 1. The second kappa shape index (κ2) is 9.76. The lowest BCUT2D eigenvalue weighted by Gasteiger charge is -1.96. The summed E-state index contributed by atoms with van der Waals surface area (Å²) in [6.45, 7) is 7.93. The van der Waals surface area contributed by atoms with E-state index in [4.69, 9.17) is 27.9 Å². The van der Waals surface area contributed by atoms with Gasteiger partial charge in [-0.3, -0.25) is 0 Å². The Labute approximate surface area is 151 Å². The van der Waals surface area contributed by atoms with Gasteiger partial charge in [-0.05, 0) is 33.3 Å². The summed E-state index contributed by atoms with van der Waals surface area (Å²) >= 11 is 13.8. The lowest BCUT2D eigenvalue weighted by molar-refractivity contribution is -0.137. The molecule has 0 saturated carbocycles. The number of hydrogen-bond acceptors (Lipinski definition) is 3. The molecule has 0 fully saturated rings. The van der Waals surface area contributed by atoms with Crippen LogP contribution in [0.5, 0.6) is 0 Å². The van der Waals surface area contributed by atoms with Crippen molar-refractivity contribution in [3.63, 3.8) is 0 Å². The lowest BCUT2D eigenvalue weighted by atomic mass is 10.2. The molecule has 1 rings (SSSR count). The summed E-state index contributed by atoms with van der Waals surface area (Å²) in [6.07, 6.45) is 11.0. The zero-order valence-corrected chi connectivity index (χ0v) is 16.0. The molecular formula is C18H20Cl2O2S. The lowest BCUT2D eigenvalue weighted by Crippen LogP contribution is -1.99. The van der Waals surface area contributed by atoms with Crippen LogP contribution in [0.15, 0.2) is 41.5 Å². The maximum Gasteiger partial charge on any atom is 0.330 e. The molecule has 23 heavy (non-hydrogen) atoms. The van der Waals surface area contributed by atoms with E-state index in [-0.39, 0.29) is 5.97 Å². The van der Waals surface area contributed by atoms with Crippen LogP contribution < -0.4 is 0 Å². The fourth-order valence-electron chi connectivity index (χ4n) is 1.69. The van der Waals surface area contributed by atoms with Gasteiger partial charge in [-0.1, -0.05) is 59.2 Å². The standard InChI is InChI=1S/C18H20Cl2O2S/c1-5-22-16(21)11-13(3)8-6-7-12(2)9-10-15-17(19)14(4)23-18(15)20/h6-11H,5H2,1-4H3/b8-6+,10-9+,12-7+,13-11+. The molecule has 1 aromatic heterocycles. The molecule has 1 heterocycles. The molecule has 0 bridgehead atoms. The first-order chi connectivity index (χ1) is 10.8. The average molecular weight is 371 g/mol. The molecular weight excluding hydrogens is 351 g/mol. The van der Waals surface area contributed by atoms with Gasteiger partial charge in [-0.2, -0.15) is 0 Å². The van der Waals surface area contributed by atoms with E-state index in [1.54, 1.807) is 6.92 Å². The van der Waals surface area contributed by atoms with Gasteiger partial charge in [-0.25, -0.2) is 4.79 Å². The first-order valence-electron chi connectivity index (χ1n) is 7.17. The van der Waals surface area contributed by atoms with Crippen molar-refractivity contribution in [1.29, 1.82) is 0 Å². The van der Waals surface area contributed by atoms with E-state index in [9.17, 15) is 4.79 Å². The Morgan fingerprint density at radius 2 is 1.91 bits per heavy atom. The minimum Gasteiger partial charge on any atom is -0.463 e. The van der Waals surface area contributed by atoms with E-state index in [0.717, 1.165) is 21.6 Å². The van der Waals surface area contributed by atoms with Gasteiger partial charge in [0.15, 0.2) is 0 Å². The minimum absolute atomic E-state index is 0.327. The summed E-state index contributed by atoms with van der Waals surface area (Å²) < 4.78 is 5.55. The maximum atomic E-state index is 11.3. The largest absolute Gasteiger partial charge is 0.463 e. The number of thiophene rings is 1. The van der Waals surface area contributed by atoms with Crippen molar-refractivity contribution < 1.29 is 9.53 Å². The molecule has 0 atom stereocenters. The molecule has 0 saturated heterocycles. The zero-order valence-electron chi connectivity index (χ0n) is 13.7. The molecule has 0 aliphatic heterocycles. The number of aryl methyl sites for hydroxylation is 1. The molecule has 0 unspecified atom stereocenters. The Morgan fingerprint density at radius 3 is 2.48 bits per heavy atom. The molecule has 0 aliphatic rings. The number of halogens is 2. The summed E-state index contributed by atoms with van der Waals surface area (Å²) in [5.74, 6) is -0.327. The van der Waals surface area contributed by atoms with Crippen LogP contribution in [0.1, 0.15) is 31.2 Å². The topological polar surface area (TPSA) is 26.3 Å². The second-order valence-corrected chi connectivity index (χ2v) is 7.11. The summed E-state index contributed by atoms with van der Waals surface area (Å²) in [7, 11) is 0. The highest BCUT2D eigenvalue weighted by Crippen LogP contribution is 2.36. The number of carbonyl (C=O) groups is 1. The molecule has 0 aliphatic carbocycles. The van der Waals surface area contributed by atoms with Gasteiger partial charge < -0.3 is 4.74 Å². The smallest absolute Gasteiger partial charge is 0.330 e. The minimum atomic E-state index is -0.327. The van der Waals surface area contributed by atoms with E-state index in [1.165, 1.54) is 17.4 Å². The quantitative estimate of drug-likeness (QED) is 0.329. The third-order valence-electron chi connectivity index (χ3n) is 2.86. The monoisotopic (exact) mass is 370 g/mol. The first kappa shape index (κ1) is 19.8. The Hall–Kier alpha value is -1.29. The van der Waals surface area contributed by atoms with Crippen molar-refractivity contribution >= 4 is 46.6 Å². The summed E-state index contributed by atoms with van der Waals surface area (Å²) in [5, 5.41) is 0.702. The second-order valence-electron chi connectivity index (χ2n) is 4.90. The van der Waals surface area contributed by atoms with Crippen LogP contribution in [0.25, 0.3) is 6.08 Å². The highest BCUT2D eigenvalue weighted by Gasteiger charge is 2.09. The van der Waals surface area contributed by atoms with E-state index >= 15 is 0 Å². The molecule has 5 heteroatoms. The molecule has 0 amide bonds. The zero-order chi connectivity index (χ0) is 17.4. The van der Waals surface area contributed by atoms with Gasteiger partial charge in [0.25, 0.3) is 0 Å². The van der Waals surface area contributed by atoms with Crippen molar-refractivity contribution in [2.24, 2.45) is 0 Å². The van der Waals surface area contributed by atoms with Crippen LogP contribution >= 0.6 is 34.5 Å². The van der Waals surface area contributed by atoms with Crippen molar-refractivity contribution in [3.05, 3.63) is 61.3 Å². The highest BCUT2D eigenvalue weighted by molar-refractivity contribution is 7.17. The number of rotatable bonds is 6. The van der Waals surface area contributed by atoms with Crippen molar-refractivity contribution in [1.82, 2.24) is 0 Å². The van der Waals surface area contributed by atoms with Gasteiger partial charge in [0.1, 0.15) is 4.34 Å². The summed E-state index contributed by atoms with van der Waals surface area (Å²) in [4.78, 5) is 12.3. The molecule has 0 spiro atoms. The summed E-state index contributed by atoms with van der Waals surface area (Å²) in [6, 6.07) is 0. The summed E-state index contributed by atoms with van der Waals surface area (Å²) in [5.41, 5.74) is 2.73. The predicted octanol–water partition coefficient (Wildman–Crippen LogP) is 6.39. The van der Waals surface area contributed by atoms with Crippen LogP contribution in [0.2, 0.25) is 9.36 Å². The predicted molar refractivity (Wildman–Crippen MR) is 101 cm³/mol. The van der Waals surface area contributed by atoms with Gasteiger partial charge in [0.2, 0.25) is 0 Å². The molecule has 0 aromatic carbocycles. The Kier molecular flexibility index (Phi) is 8.38. The number of hydrogen-bond donors (Lipinski definition) is 0. The van der Waals surface area contributed by atoms with E-state index in [0.29, 0.717) is 16.0 Å². The fourth-order valence-corrected chi connectivity index (χ4v) is 3.32. The SMILES string of the molecule is CCOC(=O)/C=C(C)/C=C/C=C(C)/C=C/c1c(Cl)sc(C)c1Cl. The Bertz CT molecular complexity index is 679. The van der Waals surface area contributed by atoms with Crippen LogP contribution in [0, 0.1) is 6.92 Å². The fraction of sp³-hybridized carbons (Fsp3) is 0.278. The van der Waals surface area contributed by atoms with Crippen molar-refractivity contribution in [2.75, 3.05) is 6.61 Å². The molecule has 2 nitrogen and oxygen atoms in total. The Balaban J connectivity index is 2.72. The van der Waals surface area contributed by atoms with Crippen LogP contribution in [-0.4, -0.2) is 12.6 Å². The van der Waals surface area contributed by atoms with E-state index in [1.807, 2.05) is 51.2 Å². The number of carbonyl (C=O) groups excluding carboxylic acids is 1. The van der Waals surface area contributed by atoms with Gasteiger partial charge in [0, 0.05) is 16.5 Å².